The van der Waals surface area contributed by atoms with E-state index in [1.54, 1.807) is 0 Å². The van der Waals surface area contributed by atoms with Crippen LogP contribution >= 0.6 is 11.6 Å². The first-order chi connectivity index (χ1) is 19.9. The van der Waals surface area contributed by atoms with E-state index < -0.39 is 59.9 Å². The highest BCUT2D eigenvalue weighted by atomic mass is 35.5. The van der Waals surface area contributed by atoms with Crippen molar-refractivity contribution in [1.29, 1.82) is 0 Å². The third-order valence-electron chi connectivity index (χ3n) is 8.54. The van der Waals surface area contributed by atoms with Crippen molar-refractivity contribution >= 4 is 41.0 Å². The SMILES string of the molecule is O=C(NC1CC1)C(=O)[C@H](C[C@@H]1CCNC1=O)NC(=O)[C@@H]1[C@H]2CCC[C@H]2CN1C(=O)COc1ccc(C(F)(F)F)cc1Cl. The molecule has 4 aliphatic rings. The van der Waals surface area contributed by atoms with Crippen molar-refractivity contribution in [2.24, 2.45) is 17.8 Å². The molecule has 4 fully saturated rings. The van der Waals surface area contributed by atoms with Gasteiger partial charge in [0.05, 0.1) is 16.6 Å². The fraction of sp³-hybridized carbons (Fsp3) is 0.607. The third kappa shape index (κ3) is 6.66. The fourth-order valence-corrected chi connectivity index (χ4v) is 6.44. The van der Waals surface area contributed by atoms with Crippen molar-refractivity contribution < 1.29 is 41.9 Å². The number of alkyl halides is 3. The maximum absolute atomic E-state index is 13.7. The van der Waals surface area contributed by atoms with Crippen molar-refractivity contribution in [2.45, 2.75) is 69.2 Å². The summed E-state index contributed by atoms with van der Waals surface area (Å²) in [5, 5.41) is 7.70. The van der Waals surface area contributed by atoms with E-state index in [4.69, 9.17) is 16.3 Å². The minimum absolute atomic E-state index is 0.0429. The second-order valence-corrected chi connectivity index (χ2v) is 11.9. The monoisotopic (exact) mass is 612 g/mol. The molecule has 0 bridgehead atoms. The standard InChI is InChI=1S/C28H32ClF3N4O6/c29-19-11-16(28(30,31)32)4-7-21(19)42-13-22(37)36-12-15-2-1-3-18(15)23(36)26(40)35-20(10-14-8-9-33-25(14)39)24(38)27(41)34-17-5-6-17/h4,7,11,14-15,17-18,20,23H,1-3,5-6,8-10,12-13H2,(H,33,39)(H,34,41)(H,35,40)/t14-,15-,18-,20-,23-/m0/s1. The zero-order chi connectivity index (χ0) is 30.2. The summed E-state index contributed by atoms with van der Waals surface area (Å²) in [7, 11) is 0. The molecular weight excluding hydrogens is 581 g/mol. The van der Waals surface area contributed by atoms with Crippen LogP contribution in [-0.4, -0.2) is 72.1 Å². The van der Waals surface area contributed by atoms with Gasteiger partial charge in [-0.15, -0.1) is 0 Å². The number of halogens is 4. The van der Waals surface area contributed by atoms with Crippen LogP contribution < -0.4 is 20.7 Å². The molecule has 3 N–H and O–H groups in total. The van der Waals surface area contributed by atoms with Gasteiger partial charge in [0.25, 0.3) is 11.8 Å². The molecule has 0 aromatic heterocycles. The van der Waals surface area contributed by atoms with Gasteiger partial charge in [0.1, 0.15) is 11.8 Å². The van der Waals surface area contributed by atoms with Crippen LogP contribution in [0.5, 0.6) is 5.75 Å². The minimum atomic E-state index is -4.59. The van der Waals surface area contributed by atoms with Crippen LogP contribution in [0, 0.1) is 17.8 Å². The van der Waals surface area contributed by atoms with E-state index in [9.17, 15) is 37.1 Å². The van der Waals surface area contributed by atoms with Crippen molar-refractivity contribution in [3.05, 3.63) is 28.8 Å². The molecule has 42 heavy (non-hydrogen) atoms. The van der Waals surface area contributed by atoms with Gasteiger partial charge in [-0.25, -0.2) is 0 Å². The summed E-state index contributed by atoms with van der Waals surface area (Å²) < 4.78 is 44.3. The molecular formula is C28H32ClF3N4O6. The number of ether oxygens (including phenoxy) is 1. The Bertz CT molecular complexity index is 1270. The lowest BCUT2D eigenvalue weighted by molar-refractivity contribution is -0.144. The van der Waals surface area contributed by atoms with Crippen molar-refractivity contribution in [3.63, 3.8) is 0 Å². The molecule has 5 rings (SSSR count). The van der Waals surface area contributed by atoms with E-state index in [2.05, 4.69) is 16.0 Å². The summed E-state index contributed by atoms with van der Waals surface area (Å²) in [6.45, 7) is 0.143. The van der Waals surface area contributed by atoms with E-state index in [1.807, 2.05) is 0 Å². The number of Topliss-reactive ketones (excluding diaryl/α,β-unsaturated/α-hetero) is 1. The highest BCUT2D eigenvalue weighted by Gasteiger charge is 2.50. The Labute approximate surface area is 245 Å². The van der Waals surface area contributed by atoms with Crippen molar-refractivity contribution in [2.75, 3.05) is 19.7 Å². The van der Waals surface area contributed by atoms with Gasteiger partial charge < -0.3 is 25.6 Å². The molecule has 10 nitrogen and oxygen atoms in total. The molecule has 2 aliphatic heterocycles. The molecule has 2 saturated carbocycles. The molecule has 4 amide bonds. The zero-order valence-electron chi connectivity index (χ0n) is 22.7. The number of rotatable bonds is 10. The average molecular weight is 613 g/mol. The summed E-state index contributed by atoms with van der Waals surface area (Å²) in [6.07, 6.45) is -0.281. The summed E-state index contributed by atoms with van der Waals surface area (Å²) in [6, 6.07) is 0.277. The first kappa shape index (κ1) is 30.1. The number of carbonyl (C=O) groups is 5. The Kier molecular flexibility index (Phi) is 8.68. The number of ketones is 1. The van der Waals surface area contributed by atoms with Gasteiger partial charge in [0.2, 0.25) is 17.6 Å². The zero-order valence-corrected chi connectivity index (χ0v) is 23.4. The summed E-state index contributed by atoms with van der Waals surface area (Å²) in [5.74, 6) is -3.85. The Morgan fingerprint density at radius 1 is 1.12 bits per heavy atom. The molecule has 228 valence electrons. The van der Waals surface area contributed by atoms with E-state index in [-0.39, 0.29) is 47.5 Å². The van der Waals surface area contributed by atoms with Gasteiger partial charge >= 0.3 is 6.18 Å². The molecule has 0 spiro atoms. The van der Waals surface area contributed by atoms with Crippen molar-refractivity contribution in [1.82, 2.24) is 20.9 Å². The van der Waals surface area contributed by atoms with Gasteiger partial charge in [0.15, 0.2) is 6.61 Å². The summed E-state index contributed by atoms with van der Waals surface area (Å²) in [5.41, 5.74) is -0.958. The molecule has 1 aromatic rings. The van der Waals surface area contributed by atoms with Gasteiger partial charge in [0, 0.05) is 25.0 Å². The highest BCUT2D eigenvalue weighted by Crippen LogP contribution is 2.42. The van der Waals surface area contributed by atoms with Crippen LogP contribution in [0.1, 0.15) is 50.5 Å². The van der Waals surface area contributed by atoms with Crippen LogP contribution in [0.3, 0.4) is 0 Å². The van der Waals surface area contributed by atoms with Crippen LogP contribution in [0.25, 0.3) is 0 Å². The molecule has 14 heteroatoms. The Morgan fingerprint density at radius 2 is 1.88 bits per heavy atom. The molecule has 0 radical (unpaired) electrons. The normalized spacial score (nSPS) is 25.9. The largest absolute Gasteiger partial charge is 0.482 e. The predicted octanol–water partition coefficient (Wildman–Crippen LogP) is 2.22. The first-order valence-electron chi connectivity index (χ1n) is 14.1. The van der Waals surface area contributed by atoms with Crippen LogP contribution in [0.4, 0.5) is 13.2 Å². The van der Waals surface area contributed by atoms with Crippen LogP contribution in [0.2, 0.25) is 5.02 Å². The second kappa shape index (κ2) is 12.1. The number of nitrogens with one attached hydrogen (secondary N) is 3. The van der Waals surface area contributed by atoms with E-state index in [0.29, 0.717) is 25.5 Å². The smallest absolute Gasteiger partial charge is 0.416 e. The number of likely N-dealkylation sites (tertiary alicyclic amines) is 1. The maximum atomic E-state index is 13.7. The number of carbonyl (C=O) groups excluding carboxylic acids is 5. The number of hydrogen-bond acceptors (Lipinski definition) is 6. The van der Waals surface area contributed by atoms with E-state index in [0.717, 1.165) is 37.8 Å². The summed E-state index contributed by atoms with van der Waals surface area (Å²) in [4.78, 5) is 66.4. The molecule has 0 unspecified atom stereocenters. The summed E-state index contributed by atoms with van der Waals surface area (Å²) >= 11 is 5.96. The van der Waals surface area contributed by atoms with E-state index >= 15 is 0 Å². The van der Waals surface area contributed by atoms with Crippen molar-refractivity contribution in [3.8, 4) is 5.75 Å². The Hall–Kier alpha value is -3.35. The van der Waals surface area contributed by atoms with Gasteiger partial charge in [-0.1, -0.05) is 18.0 Å². The average Bonchev–Trinajstić information content (AvgIpc) is 3.29. The number of nitrogens with zero attached hydrogens (tertiary/aromatic N) is 1. The molecule has 5 atom stereocenters. The third-order valence-corrected chi connectivity index (χ3v) is 8.84. The Balaban J connectivity index is 1.29. The Morgan fingerprint density at radius 3 is 2.52 bits per heavy atom. The number of amides is 4. The van der Waals surface area contributed by atoms with Gasteiger partial charge in [-0.2, -0.15) is 13.2 Å². The lowest BCUT2D eigenvalue weighted by Gasteiger charge is -2.29. The molecule has 2 heterocycles. The minimum Gasteiger partial charge on any atom is -0.482 e. The second-order valence-electron chi connectivity index (χ2n) is 11.5. The molecule has 2 aliphatic carbocycles. The van der Waals surface area contributed by atoms with Gasteiger partial charge in [-0.3, -0.25) is 24.0 Å². The van der Waals surface area contributed by atoms with E-state index in [1.165, 1.54) is 4.90 Å². The quantitative estimate of drug-likeness (QED) is 0.347. The van der Waals surface area contributed by atoms with Crippen LogP contribution in [-0.2, 0) is 30.1 Å². The topological polar surface area (TPSA) is 134 Å². The van der Waals surface area contributed by atoms with Gasteiger partial charge in [-0.05, 0) is 68.6 Å². The van der Waals surface area contributed by atoms with Crippen LogP contribution in [0.15, 0.2) is 18.2 Å². The molecule has 2 saturated heterocycles. The molecule has 1 aromatic carbocycles. The lowest BCUT2D eigenvalue weighted by Crippen LogP contribution is -2.55. The predicted molar refractivity (Wildman–Crippen MR) is 142 cm³/mol. The maximum Gasteiger partial charge on any atom is 0.416 e. The number of benzene rings is 1. The first-order valence-corrected chi connectivity index (χ1v) is 14.5. The number of hydrogen-bond donors (Lipinski definition) is 3. The lowest BCUT2D eigenvalue weighted by atomic mass is 9.91. The highest BCUT2D eigenvalue weighted by molar-refractivity contribution is 6.38. The number of fused-ring (bicyclic) bond motifs is 1. The fourth-order valence-electron chi connectivity index (χ4n) is 6.20.